The Balaban J connectivity index is 1.67. The number of para-hydroxylation sites is 1. The topological polar surface area (TPSA) is 45.6 Å². The first kappa shape index (κ1) is 19.0. The Hall–Kier alpha value is -2.33. The zero-order chi connectivity index (χ0) is 19.4. The summed E-state index contributed by atoms with van der Waals surface area (Å²) in [7, 11) is 1.76. The van der Waals surface area contributed by atoms with E-state index in [-0.39, 0.29) is 5.54 Å². The Labute approximate surface area is 168 Å². The molecular weight excluding hydrogens is 346 g/mol. The van der Waals surface area contributed by atoms with E-state index in [4.69, 9.17) is 9.73 Å². The van der Waals surface area contributed by atoms with E-state index in [1.165, 1.54) is 47.3 Å². The van der Waals surface area contributed by atoms with Gasteiger partial charge in [-0.25, -0.2) is 0 Å². The highest BCUT2D eigenvalue weighted by Crippen LogP contribution is 2.41. The van der Waals surface area contributed by atoms with Crippen molar-refractivity contribution >= 4 is 17.2 Å². The number of fused-ring (bicyclic) bond motifs is 1. The normalized spacial score (nSPS) is 19.1. The number of aryl methyl sites for hydroxylation is 1. The van der Waals surface area contributed by atoms with Gasteiger partial charge in [0.1, 0.15) is 5.84 Å². The maximum atomic E-state index is 5.31. The highest BCUT2D eigenvalue weighted by molar-refractivity contribution is 6.10. The third-order valence-corrected chi connectivity index (χ3v) is 6.01. The summed E-state index contributed by atoms with van der Waals surface area (Å²) in [6.07, 6.45) is 6.97. The highest BCUT2D eigenvalue weighted by Gasteiger charge is 2.41. The molecule has 148 valence electrons. The van der Waals surface area contributed by atoms with E-state index in [1.54, 1.807) is 7.11 Å². The van der Waals surface area contributed by atoms with Gasteiger partial charge in [0.05, 0.1) is 30.1 Å². The molecule has 1 spiro atoms. The lowest BCUT2D eigenvalue weighted by molar-refractivity contribution is 0.202. The Morgan fingerprint density at radius 1 is 1.07 bits per heavy atom. The molecule has 0 aromatic heterocycles. The second kappa shape index (κ2) is 8.36. The van der Waals surface area contributed by atoms with Crippen LogP contribution < -0.4 is 10.6 Å². The van der Waals surface area contributed by atoms with Crippen molar-refractivity contribution in [3.63, 3.8) is 0 Å². The number of benzene rings is 2. The molecule has 2 aromatic carbocycles. The maximum absolute atomic E-state index is 5.31. The van der Waals surface area contributed by atoms with Gasteiger partial charge in [-0.3, -0.25) is 4.99 Å². The number of hydrogen-bond donors (Lipinski definition) is 2. The fourth-order valence-electron chi connectivity index (χ4n) is 4.52. The Morgan fingerprint density at radius 2 is 1.89 bits per heavy atom. The van der Waals surface area contributed by atoms with Gasteiger partial charge >= 0.3 is 0 Å². The summed E-state index contributed by atoms with van der Waals surface area (Å²) < 4.78 is 5.31. The van der Waals surface area contributed by atoms with Crippen LogP contribution in [0.5, 0.6) is 0 Å². The predicted octanol–water partition coefficient (Wildman–Crippen LogP) is 5.32. The van der Waals surface area contributed by atoms with Crippen LogP contribution in [-0.2, 0) is 17.7 Å². The lowest BCUT2D eigenvalue weighted by Gasteiger charge is -2.44. The second-order valence-corrected chi connectivity index (χ2v) is 8.13. The SMILES string of the molecule is COCCc1cccc2c1NC(=NCc1cccc(C)c1)C1(CCCCC1)N2. The molecule has 2 aromatic rings. The van der Waals surface area contributed by atoms with E-state index in [1.807, 2.05) is 0 Å². The molecule has 0 bridgehead atoms. The third kappa shape index (κ3) is 3.93. The number of rotatable bonds is 5. The third-order valence-electron chi connectivity index (χ3n) is 6.01. The standard InChI is InChI=1S/C24H31N3O/c1-18-8-6-9-19(16-18)17-25-23-24(13-4-3-5-14-24)27-21-11-7-10-20(12-15-28-2)22(21)26-23/h6-11,16,27H,3-5,12-15,17H2,1-2H3,(H,25,26). The van der Waals surface area contributed by atoms with Gasteiger partial charge in [0, 0.05) is 7.11 Å². The van der Waals surface area contributed by atoms with Crippen molar-refractivity contribution in [1.82, 2.24) is 0 Å². The fourth-order valence-corrected chi connectivity index (χ4v) is 4.52. The molecule has 0 amide bonds. The summed E-state index contributed by atoms with van der Waals surface area (Å²) >= 11 is 0. The van der Waals surface area contributed by atoms with Crippen LogP contribution in [0.3, 0.4) is 0 Å². The zero-order valence-corrected chi connectivity index (χ0v) is 17.1. The number of methoxy groups -OCH3 is 1. The van der Waals surface area contributed by atoms with Gasteiger partial charge in [-0.1, -0.05) is 61.2 Å². The molecule has 1 fully saturated rings. The largest absolute Gasteiger partial charge is 0.384 e. The molecule has 2 aliphatic rings. The number of anilines is 2. The minimum atomic E-state index is -0.0606. The van der Waals surface area contributed by atoms with E-state index < -0.39 is 0 Å². The van der Waals surface area contributed by atoms with E-state index in [0.717, 1.165) is 31.7 Å². The lowest BCUT2D eigenvalue weighted by atomic mass is 9.78. The number of nitrogens with zero attached hydrogens (tertiary/aromatic N) is 1. The van der Waals surface area contributed by atoms with Gasteiger partial charge in [0.15, 0.2) is 0 Å². The number of ether oxygens (including phenoxy) is 1. The first-order valence-electron chi connectivity index (χ1n) is 10.5. The highest BCUT2D eigenvalue weighted by atomic mass is 16.5. The predicted molar refractivity (Wildman–Crippen MR) is 117 cm³/mol. The van der Waals surface area contributed by atoms with Crippen LogP contribution in [-0.4, -0.2) is 25.1 Å². The molecule has 1 saturated carbocycles. The molecule has 1 heterocycles. The van der Waals surface area contributed by atoms with Crippen molar-refractivity contribution in [2.45, 2.75) is 57.5 Å². The maximum Gasteiger partial charge on any atom is 0.127 e. The van der Waals surface area contributed by atoms with Crippen molar-refractivity contribution in [2.24, 2.45) is 4.99 Å². The summed E-state index contributed by atoms with van der Waals surface area (Å²) in [6, 6.07) is 15.2. The number of aliphatic imine (C=N–C) groups is 1. The van der Waals surface area contributed by atoms with Crippen LogP contribution in [0.1, 0.15) is 48.8 Å². The zero-order valence-electron chi connectivity index (χ0n) is 17.1. The molecule has 0 radical (unpaired) electrons. The summed E-state index contributed by atoms with van der Waals surface area (Å²) in [5.74, 6) is 1.10. The molecule has 4 heteroatoms. The quantitative estimate of drug-likeness (QED) is 0.741. The van der Waals surface area contributed by atoms with Gasteiger partial charge in [0.2, 0.25) is 0 Å². The van der Waals surface area contributed by atoms with E-state index in [2.05, 4.69) is 60.0 Å². The molecule has 1 aliphatic heterocycles. The molecule has 0 unspecified atom stereocenters. The minimum absolute atomic E-state index is 0.0606. The van der Waals surface area contributed by atoms with Crippen molar-refractivity contribution in [2.75, 3.05) is 24.4 Å². The number of amidine groups is 1. The summed E-state index contributed by atoms with van der Waals surface area (Å²) in [4.78, 5) is 5.10. The van der Waals surface area contributed by atoms with Crippen molar-refractivity contribution in [3.8, 4) is 0 Å². The molecule has 4 rings (SSSR count). The Kier molecular flexibility index (Phi) is 5.67. The van der Waals surface area contributed by atoms with Gasteiger partial charge in [0.25, 0.3) is 0 Å². The van der Waals surface area contributed by atoms with Gasteiger partial charge in [-0.05, 0) is 43.4 Å². The second-order valence-electron chi connectivity index (χ2n) is 8.13. The first-order valence-corrected chi connectivity index (χ1v) is 10.5. The number of hydrogen-bond acceptors (Lipinski definition) is 3. The fraction of sp³-hybridized carbons (Fsp3) is 0.458. The van der Waals surface area contributed by atoms with Crippen molar-refractivity contribution < 1.29 is 4.74 Å². The molecule has 1 aliphatic carbocycles. The average Bonchev–Trinajstić information content (AvgIpc) is 2.71. The minimum Gasteiger partial charge on any atom is -0.384 e. The molecule has 4 nitrogen and oxygen atoms in total. The van der Waals surface area contributed by atoms with Crippen molar-refractivity contribution in [3.05, 3.63) is 59.2 Å². The van der Waals surface area contributed by atoms with Crippen LogP contribution >= 0.6 is 0 Å². The van der Waals surface area contributed by atoms with Crippen LogP contribution in [0, 0.1) is 6.92 Å². The lowest BCUT2D eigenvalue weighted by Crippen LogP contribution is -2.54. The number of nitrogens with one attached hydrogen (secondary N) is 2. The molecule has 0 atom stereocenters. The van der Waals surface area contributed by atoms with E-state index in [9.17, 15) is 0 Å². The van der Waals surface area contributed by atoms with E-state index in [0.29, 0.717) is 6.54 Å². The molecule has 0 saturated heterocycles. The summed E-state index contributed by atoms with van der Waals surface area (Å²) in [6.45, 7) is 3.57. The van der Waals surface area contributed by atoms with Crippen LogP contribution in [0.4, 0.5) is 11.4 Å². The summed E-state index contributed by atoms with van der Waals surface area (Å²) in [5.41, 5.74) is 6.13. The van der Waals surface area contributed by atoms with E-state index >= 15 is 0 Å². The first-order chi connectivity index (χ1) is 13.7. The van der Waals surface area contributed by atoms with Crippen LogP contribution in [0.25, 0.3) is 0 Å². The van der Waals surface area contributed by atoms with Crippen LogP contribution in [0.2, 0.25) is 0 Å². The monoisotopic (exact) mass is 377 g/mol. The molecule has 28 heavy (non-hydrogen) atoms. The van der Waals surface area contributed by atoms with Crippen molar-refractivity contribution in [1.29, 1.82) is 0 Å². The Bertz CT molecular complexity index is 853. The average molecular weight is 378 g/mol. The molecule has 2 N–H and O–H groups in total. The van der Waals surface area contributed by atoms with Crippen LogP contribution in [0.15, 0.2) is 47.5 Å². The Morgan fingerprint density at radius 3 is 2.68 bits per heavy atom. The van der Waals surface area contributed by atoms with Gasteiger partial charge in [-0.2, -0.15) is 0 Å². The van der Waals surface area contributed by atoms with Gasteiger partial charge in [-0.15, -0.1) is 0 Å². The summed E-state index contributed by atoms with van der Waals surface area (Å²) in [5, 5.41) is 7.64. The smallest absolute Gasteiger partial charge is 0.127 e. The molecular formula is C24H31N3O. The van der Waals surface area contributed by atoms with Gasteiger partial charge < -0.3 is 15.4 Å².